The van der Waals surface area contributed by atoms with E-state index in [0.717, 1.165) is 0 Å². The minimum absolute atomic E-state index is 0.135. The molecular formula is C18H32O10. The molecule has 0 radical (unpaired) electrons. The fraction of sp³-hybridized carbons (Fsp3) is 0.944. The monoisotopic (exact) mass is 408 g/mol. The van der Waals surface area contributed by atoms with Gasteiger partial charge in [0.1, 0.15) is 18.3 Å². The summed E-state index contributed by atoms with van der Waals surface area (Å²) in [6, 6.07) is 0. The van der Waals surface area contributed by atoms with Crippen LogP contribution in [0.5, 0.6) is 0 Å². The summed E-state index contributed by atoms with van der Waals surface area (Å²) in [4.78, 5) is 11.5. The van der Waals surface area contributed by atoms with Crippen LogP contribution in [-0.2, 0) is 19.0 Å². The van der Waals surface area contributed by atoms with Crippen molar-refractivity contribution >= 4 is 5.97 Å². The van der Waals surface area contributed by atoms with Crippen LogP contribution in [0.15, 0.2) is 0 Å². The molecule has 0 aliphatic carbocycles. The van der Waals surface area contributed by atoms with Crippen LogP contribution < -0.4 is 0 Å². The van der Waals surface area contributed by atoms with E-state index in [1.807, 2.05) is 0 Å². The van der Waals surface area contributed by atoms with E-state index in [1.165, 1.54) is 0 Å². The Morgan fingerprint density at radius 2 is 1.46 bits per heavy atom. The first-order valence-corrected chi connectivity index (χ1v) is 9.71. The lowest BCUT2D eigenvalue weighted by molar-refractivity contribution is -0.234. The molecule has 2 aliphatic rings. The Labute approximate surface area is 163 Å². The predicted octanol–water partition coefficient (Wildman–Crippen LogP) is -1.89. The van der Waals surface area contributed by atoms with Gasteiger partial charge >= 0.3 is 5.97 Å². The second kappa shape index (κ2) is 10.3. The number of aliphatic hydroxyl groups excluding tert-OH is 5. The first-order valence-electron chi connectivity index (χ1n) is 9.71. The molecule has 6 N–H and O–H groups in total. The van der Waals surface area contributed by atoms with Crippen molar-refractivity contribution in [3.63, 3.8) is 0 Å². The van der Waals surface area contributed by atoms with Gasteiger partial charge < -0.3 is 44.8 Å². The van der Waals surface area contributed by atoms with Crippen LogP contribution in [0.25, 0.3) is 0 Å². The minimum Gasteiger partial charge on any atom is -0.479 e. The first-order chi connectivity index (χ1) is 13.3. The van der Waals surface area contributed by atoms with Crippen molar-refractivity contribution in [2.24, 2.45) is 11.8 Å². The number of carboxylic acid groups (broad SMARTS) is 1. The standard InChI is InChI=1S/C18H32O10/c1-3-8-13(20)11(5-19)27-12(14(8)21)7-26-6-9-15(22)16(23)10(4-2)28-17(9)18(24)25/h8-17,19-23H,3-7H2,1-2H3,(H,24,25)/t8-,9+,10+,11?,12+,13+,14?,15-,16?,17?/m1/s1. The van der Waals surface area contributed by atoms with Crippen LogP contribution in [0.1, 0.15) is 26.7 Å². The molecule has 0 saturated carbocycles. The second-order valence-electron chi connectivity index (χ2n) is 7.47. The number of aliphatic hydroxyl groups is 5. The van der Waals surface area contributed by atoms with Gasteiger partial charge in [-0.2, -0.15) is 0 Å². The molecule has 2 heterocycles. The Hall–Kier alpha value is -0.850. The summed E-state index contributed by atoms with van der Waals surface area (Å²) in [5.41, 5.74) is 0. The molecule has 164 valence electrons. The van der Waals surface area contributed by atoms with Crippen molar-refractivity contribution in [3.05, 3.63) is 0 Å². The molecule has 2 rings (SSSR count). The van der Waals surface area contributed by atoms with E-state index in [-0.39, 0.29) is 13.2 Å². The molecule has 0 amide bonds. The number of carboxylic acids is 1. The molecule has 2 aliphatic heterocycles. The highest BCUT2D eigenvalue weighted by Crippen LogP contribution is 2.31. The van der Waals surface area contributed by atoms with Gasteiger partial charge in [-0.05, 0) is 12.8 Å². The topological polar surface area (TPSA) is 166 Å². The Bertz CT molecular complexity index is 503. The van der Waals surface area contributed by atoms with E-state index in [0.29, 0.717) is 12.8 Å². The van der Waals surface area contributed by atoms with Crippen LogP contribution in [0.4, 0.5) is 0 Å². The maximum atomic E-state index is 11.5. The average Bonchev–Trinajstić information content (AvgIpc) is 2.67. The molecule has 10 atom stereocenters. The number of hydrogen-bond acceptors (Lipinski definition) is 9. The van der Waals surface area contributed by atoms with Crippen LogP contribution >= 0.6 is 0 Å². The van der Waals surface area contributed by atoms with Gasteiger partial charge in [0.15, 0.2) is 6.10 Å². The number of rotatable bonds is 8. The molecule has 2 saturated heterocycles. The fourth-order valence-corrected chi connectivity index (χ4v) is 4.02. The first kappa shape index (κ1) is 23.4. The SMILES string of the molecule is CC[C@@H]1OC(C(=O)O)[C@@H](COC[C@@H]2OC(CO)[C@@H](O)[C@@H](CC)C2O)[C@@H](O)C1O. The molecule has 0 aromatic heterocycles. The van der Waals surface area contributed by atoms with Gasteiger partial charge in [-0.15, -0.1) is 0 Å². The van der Waals surface area contributed by atoms with Crippen molar-refractivity contribution < 1.29 is 49.6 Å². The van der Waals surface area contributed by atoms with Crippen LogP contribution in [0, 0.1) is 11.8 Å². The molecule has 2 fully saturated rings. The Balaban J connectivity index is 1.99. The number of ether oxygens (including phenoxy) is 3. The second-order valence-corrected chi connectivity index (χ2v) is 7.47. The third-order valence-corrected chi connectivity index (χ3v) is 5.76. The third-order valence-electron chi connectivity index (χ3n) is 5.76. The zero-order chi connectivity index (χ0) is 21.0. The summed E-state index contributed by atoms with van der Waals surface area (Å²) in [6.07, 6.45) is -7.60. The van der Waals surface area contributed by atoms with Crippen molar-refractivity contribution in [3.8, 4) is 0 Å². The van der Waals surface area contributed by atoms with Gasteiger partial charge in [0.25, 0.3) is 0 Å². The molecule has 0 aromatic rings. The van der Waals surface area contributed by atoms with Gasteiger partial charge in [-0.3, -0.25) is 0 Å². The van der Waals surface area contributed by atoms with Crippen molar-refractivity contribution in [2.45, 2.75) is 75.5 Å². The average molecular weight is 408 g/mol. The van der Waals surface area contributed by atoms with Crippen LogP contribution in [-0.4, -0.2) is 105 Å². The molecule has 4 unspecified atom stereocenters. The highest BCUT2D eigenvalue weighted by Gasteiger charge is 2.47. The van der Waals surface area contributed by atoms with Crippen LogP contribution in [0.3, 0.4) is 0 Å². The van der Waals surface area contributed by atoms with E-state index in [2.05, 4.69) is 0 Å². The largest absolute Gasteiger partial charge is 0.479 e. The summed E-state index contributed by atoms with van der Waals surface area (Å²) in [7, 11) is 0. The quantitative estimate of drug-likeness (QED) is 0.267. The molecule has 10 heteroatoms. The fourth-order valence-electron chi connectivity index (χ4n) is 4.02. The zero-order valence-corrected chi connectivity index (χ0v) is 16.1. The lowest BCUT2D eigenvalue weighted by Gasteiger charge is -2.43. The molecule has 28 heavy (non-hydrogen) atoms. The lowest BCUT2D eigenvalue weighted by atomic mass is 9.84. The lowest BCUT2D eigenvalue weighted by Crippen LogP contribution is -2.58. The van der Waals surface area contributed by atoms with E-state index >= 15 is 0 Å². The summed E-state index contributed by atoms with van der Waals surface area (Å²) >= 11 is 0. The Morgan fingerprint density at radius 3 is 2.00 bits per heavy atom. The predicted molar refractivity (Wildman–Crippen MR) is 94.5 cm³/mol. The highest BCUT2D eigenvalue weighted by molar-refractivity contribution is 5.73. The minimum atomic E-state index is -1.34. The smallest absolute Gasteiger partial charge is 0.333 e. The van der Waals surface area contributed by atoms with Gasteiger partial charge in [0, 0.05) is 11.8 Å². The van der Waals surface area contributed by atoms with Gasteiger partial charge in [-0.1, -0.05) is 13.8 Å². The molecule has 0 aromatic carbocycles. The van der Waals surface area contributed by atoms with Crippen molar-refractivity contribution in [2.75, 3.05) is 19.8 Å². The molecular weight excluding hydrogens is 376 g/mol. The summed E-state index contributed by atoms with van der Waals surface area (Å²) in [6.45, 7) is 2.73. The van der Waals surface area contributed by atoms with Gasteiger partial charge in [0.05, 0.1) is 44.2 Å². The number of aliphatic carboxylic acids is 1. The van der Waals surface area contributed by atoms with Crippen molar-refractivity contribution in [1.82, 2.24) is 0 Å². The zero-order valence-electron chi connectivity index (χ0n) is 16.1. The van der Waals surface area contributed by atoms with E-state index < -0.39 is 73.2 Å². The molecule has 0 spiro atoms. The van der Waals surface area contributed by atoms with Crippen LogP contribution in [0.2, 0.25) is 0 Å². The molecule has 0 bridgehead atoms. The van der Waals surface area contributed by atoms with Gasteiger partial charge in [0.2, 0.25) is 0 Å². The summed E-state index contributed by atoms with van der Waals surface area (Å²) in [5.74, 6) is -2.76. The highest BCUT2D eigenvalue weighted by atomic mass is 16.6. The van der Waals surface area contributed by atoms with E-state index in [1.54, 1.807) is 13.8 Å². The number of carbonyl (C=O) groups is 1. The number of hydrogen-bond donors (Lipinski definition) is 6. The van der Waals surface area contributed by atoms with Crippen molar-refractivity contribution in [1.29, 1.82) is 0 Å². The van der Waals surface area contributed by atoms with Gasteiger partial charge in [-0.25, -0.2) is 4.79 Å². The Morgan fingerprint density at radius 1 is 0.821 bits per heavy atom. The van der Waals surface area contributed by atoms with E-state index in [4.69, 9.17) is 14.2 Å². The van der Waals surface area contributed by atoms with E-state index in [9.17, 15) is 35.4 Å². The maximum absolute atomic E-state index is 11.5. The Kier molecular flexibility index (Phi) is 8.59. The maximum Gasteiger partial charge on any atom is 0.333 e. The normalized spacial score (nSPS) is 44.4. The third kappa shape index (κ3) is 4.82. The summed E-state index contributed by atoms with van der Waals surface area (Å²) < 4.78 is 16.4. The molecule has 10 nitrogen and oxygen atoms in total. The summed E-state index contributed by atoms with van der Waals surface area (Å²) in [5, 5.41) is 59.7.